The van der Waals surface area contributed by atoms with Crippen LogP contribution >= 0.6 is 0 Å². The van der Waals surface area contributed by atoms with Crippen LogP contribution in [0.25, 0.3) is 0 Å². The standard InChI is InChI=1S/C19H28N2O/c1-15-7-6-10-18(16(15)2)21-19(22)12-14-20-13-11-17-8-4-3-5-9-17/h6-8,10,20H,3-5,9,11-14H2,1-2H3,(H,21,22). The average Bonchev–Trinajstić information content (AvgIpc) is 2.52. The molecule has 1 aromatic rings. The van der Waals surface area contributed by atoms with Gasteiger partial charge in [0.05, 0.1) is 0 Å². The van der Waals surface area contributed by atoms with Gasteiger partial charge in [-0.2, -0.15) is 0 Å². The van der Waals surface area contributed by atoms with Gasteiger partial charge in [0.15, 0.2) is 0 Å². The van der Waals surface area contributed by atoms with Gasteiger partial charge in [-0.15, -0.1) is 0 Å². The van der Waals surface area contributed by atoms with Gasteiger partial charge in [-0.3, -0.25) is 4.79 Å². The van der Waals surface area contributed by atoms with Crippen molar-refractivity contribution in [2.24, 2.45) is 0 Å². The molecule has 1 aliphatic rings. The third-order valence-corrected chi connectivity index (χ3v) is 4.42. The summed E-state index contributed by atoms with van der Waals surface area (Å²) in [5.41, 5.74) is 4.86. The summed E-state index contributed by atoms with van der Waals surface area (Å²) in [5, 5.41) is 6.37. The van der Waals surface area contributed by atoms with Gasteiger partial charge < -0.3 is 10.6 Å². The smallest absolute Gasteiger partial charge is 0.225 e. The molecule has 1 aliphatic carbocycles. The summed E-state index contributed by atoms with van der Waals surface area (Å²) < 4.78 is 0. The maximum absolute atomic E-state index is 12.0. The molecule has 0 unspecified atom stereocenters. The van der Waals surface area contributed by atoms with Crippen LogP contribution in [0.4, 0.5) is 5.69 Å². The van der Waals surface area contributed by atoms with Gasteiger partial charge in [0.2, 0.25) is 5.91 Å². The van der Waals surface area contributed by atoms with E-state index >= 15 is 0 Å². The highest BCUT2D eigenvalue weighted by molar-refractivity contribution is 5.91. The molecule has 1 aromatic carbocycles. The predicted octanol–water partition coefficient (Wildman–Crippen LogP) is 4.11. The second-order valence-corrected chi connectivity index (χ2v) is 6.15. The first-order valence-electron chi connectivity index (χ1n) is 8.41. The molecule has 1 amide bonds. The van der Waals surface area contributed by atoms with E-state index in [-0.39, 0.29) is 5.91 Å². The van der Waals surface area contributed by atoms with E-state index < -0.39 is 0 Å². The lowest BCUT2D eigenvalue weighted by molar-refractivity contribution is -0.116. The summed E-state index contributed by atoms with van der Waals surface area (Å²) in [6, 6.07) is 6.00. The van der Waals surface area contributed by atoms with Gasteiger partial charge in [-0.05, 0) is 69.7 Å². The first kappa shape index (κ1) is 16.8. The molecule has 22 heavy (non-hydrogen) atoms. The van der Waals surface area contributed by atoms with E-state index in [2.05, 4.69) is 29.7 Å². The number of carbonyl (C=O) groups is 1. The van der Waals surface area contributed by atoms with Crippen molar-refractivity contribution in [3.8, 4) is 0 Å². The van der Waals surface area contributed by atoms with E-state index in [1.165, 1.54) is 31.2 Å². The Bertz CT molecular complexity index is 534. The number of allylic oxidation sites excluding steroid dienone is 1. The average molecular weight is 300 g/mol. The maximum Gasteiger partial charge on any atom is 0.225 e. The van der Waals surface area contributed by atoms with Crippen LogP contribution < -0.4 is 10.6 Å². The fraction of sp³-hybridized carbons (Fsp3) is 0.526. The molecule has 0 fully saturated rings. The molecule has 0 saturated carbocycles. The van der Waals surface area contributed by atoms with Crippen molar-refractivity contribution in [1.29, 1.82) is 0 Å². The molecule has 0 spiro atoms. The topological polar surface area (TPSA) is 41.1 Å². The normalized spacial score (nSPS) is 14.5. The zero-order valence-corrected chi connectivity index (χ0v) is 13.9. The van der Waals surface area contributed by atoms with Gasteiger partial charge in [0.1, 0.15) is 0 Å². The molecule has 2 rings (SSSR count). The van der Waals surface area contributed by atoms with Crippen LogP contribution in [0.1, 0.15) is 49.7 Å². The molecule has 3 heteroatoms. The zero-order valence-electron chi connectivity index (χ0n) is 13.9. The Morgan fingerprint density at radius 2 is 2.05 bits per heavy atom. The molecule has 0 radical (unpaired) electrons. The molecule has 0 heterocycles. The number of aryl methyl sites for hydroxylation is 1. The van der Waals surface area contributed by atoms with E-state index in [1.54, 1.807) is 5.57 Å². The lowest BCUT2D eigenvalue weighted by atomic mass is 9.97. The largest absolute Gasteiger partial charge is 0.326 e. The van der Waals surface area contributed by atoms with Crippen molar-refractivity contribution in [1.82, 2.24) is 5.32 Å². The monoisotopic (exact) mass is 300 g/mol. The lowest BCUT2D eigenvalue weighted by Gasteiger charge is -2.13. The van der Waals surface area contributed by atoms with Gasteiger partial charge in [-0.1, -0.05) is 23.8 Å². The fourth-order valence-electron chi connectivity index (χ4n) is 2.81. The van der Waals surface area contributed by atoms with Crippen molar-refractivity contribution in [2.75, 3.05) is 18.4 Å². The first-order chi connectivity index (χ1) is 10.7. The number of carbonyl (C=O) groups excluding carboxylic acids is 1. The Morgan fingerprint density at radius 3 is 2.82 bits per heavy atom. The lowest BCUT2D eigenvalue weighted by Crippen LogP contribution is -2.23. The third-order valence-electron chi connectivity index (χ3n) is 4.42. The number of nitrogens with one attached hydrogen (secondary N) is 2. The van der Waals surface area contributed by atoms with Gasteiger partial charge >= 0.3 is 0 Å². The molecule has 3 nitrogen and oxygen atoms in total. The van der Waals surface area contributed by atoms with E-state index in [9.17, 15) is 4.79 Å². The minimum Gasteiger partial charge on any atom is -0.326 e. The minimum atomic E-state index is 0.0816. The molecule has 120 valence electrons. The summed E-state index contributed by atoms with van der Waals surface area (Å²) in [7, 11) is 0. The summed E-state index contributed by atoms with van der Waals surface area (Å²) in [6.07, 6.45) is 9.21. The summed E-state index contributed by atoms with van der Waals surface area (Å²) in [6.45, 7) is 5.82. The van der Waals surface area contributed by atoms with Crippen LogP contribution in [-0.2, 0) is 4.79 Å². The molecular formula is C19H28N2O. The maximum atomic E-state index is 12.0. The molecule has 0 aromatic heterocycles. The quantitative estimate of drug-likeness (QED) is 0.587. The van der Waals surface area contributed by atoms with Gasteiger partial charge in [0.25, 0.3) is 0 Å². The molecule has 0 saturated heterocycles. The van der Waals surface area contributed by atoms with Crippen molar-refractivity contribution in [3.05, 3.63) is 41.0 Å². The molecule has 0 atom stereocenters. The summed E-state index contributed by atoms with van der Waals surface area (Å²) in [4.78, 5) is 12.0. The van der Waals surface area contributed by atoms with Crippen molar-refractivity contribution in [2.45, 2.75) is 52.4 Å². The summed E-state index contributed by atoms with van der Waals surface area (Å²) in [5.74, 6) is 0.0816. The number of rotatable bonds is 7. The number of amides is 1. The highest BCUT2D eigenvalue weighted by Crippen LogP contribution is 2.19. The van der Waals surface area contributed by atoms with Crippen LogP contribution in [0.15, 0.2) is 29.8 Å². The molecular weight excluding hydrogens is 272 g/mol. The second-order valence-electron chi connectivity index (χ2n) is 6.15. The van der Waals surface area contributed by atoms with E-state index in [0.29, 0.717) is 6.42 Å². The zero-order chi connectivity index (χ0) is 15.8. The van der Waals surface area contributed by atoms with Crippen LogP contribution in [-0.4, -0.2) is 19.0 Å². The van der Waals surface area contributed by atoms with Crippen LogP contribution in [0.2, 0.25) is 0 Å². The SMILES string of the molecule is Cc1cccc(NC(=O)CCNCCC2=CCCCC2)c1C. The van der Waals surface area contributed by atoms with Crippen LogP contribution in [0, 0.1) is 13.8 Å². The number of benzene rings is 1. The first-order valence-corrected chi connectivity index (χ1v) is 8.41. The molecule has 2 N–H and O–H groups in total. The molecule has 0 bridgehead atoms. The Labute approximate surface area is 134 Å². The van der Waals surface area contributed by atoms with E-state index in [1.807, 2.05) is 19.1 Å². The third kappa shape index (κ3) is 5.30. The second kappa shape index (κ2) is 8.74. The minimum absolute atomic E-state index is 0.0816. The number of hydrogen-bond acceptors (Lipinski definition) is 2. The van der Waals surface area contributed by atoms with E-state index in [0.717, 1.165) is 30.8 Å². The highest BCUT2D eigenvalue weighted by atomic mass is 16.1. The predicted molar refractivity (Wildman–Crippen MR) is 93.2 cm³/mol. The number of anilines is 1. The van der Waals surface area contributed by atoms with Crippen molar-refractivity contribution in [3.63, 3.8) is 0 Å². The molecule has 0 aliphatic heterocycles. The fourth-order valence-corrected chi connectivity index (χ4v) is 2.81. The Morgan fingerprint density at radius 1 is 1.18 bits per heavy atom. The Kier molecular flexibility index (Phi) is 6.66. The van der Waals surface area contributed by atoms with Gasteiger partial charge in [-0.25, -0.2) is 0 Å². The van der Waals surface area contributed by atoms with Crippen LogP contribution in [0.5, 0.6) is 0 Å². The van der Waals surface area contributed by atoms with Crippen LogP contribution in [0.3, 0.4) is 0 Å². The van der Waals surface area contributed by atoms with Crippen molar-refractivity contribution >= 4 is 11.6 Å². The Balaban J connectivity index is 1.63. The highest BCUT2D eigenvalue weighted by Gasteiger charge is 2.06. The number of hydrogen-bond donors (Lipinski definition) is 2. The van der Waals surface area contributed by atoms with E-state index in [4.69, 9.17) is 0 Å². The Hall–Kier alpha value is -1.61. The van der Waals surface area contributed by atoms with Gasteiger partial charge in [0, 0.05) is 18.7 Å². The summed E-state index contributed by atoms with van der Waals surface area (Å²) >= 11 is 0. The van der Waals surface area contributed by atoms with Crippen molar-refractivity contribution < 1.29 is 4.79 Å².